The number of hydrogen-bond donors (Lipinski definition) is 2. The van der Waals surface area contributed by atoms with Gasteiger partial charge in [0.05, 0.1) is 12.0 Å². The van der Waals surface area contributed by atoms with Gasteiger partial charge in [-0.15, -0.1) is 0 Å². The lowest BCUT2D eigenvalue weighted by Gasteiger charge is -2.20. The number of hydrogen-bond acceptors (Lipinski definition) is 5. The molecule has 7 heteroatoms. The highest BCUT2D eigenvalue weighted by Crippen LogP contribution is 2.25. The maximum Gasteiger partial charge on any atom is 0.242 e. The molecule has 114 valence electrons. The summed E-state index contributed by atoms with van der Waals surface area (Å²) in [6.07, 6.45) is 1.65. The van der Waals surface area contributed by atoms with Crippen LogP contribution in [0, 0.1) is 6.92 Å². The molecule has 0 unspecified atom stereocenters. The van der Waals surface area contributed by atoms with Crippen molar-refractivity contribution in [2.24, 2.45) is 0 Å². The summed E-state index contributed by atoms with van der Waals surface area (Å²) in [7, 11) is -0.269. The zero-order valence-corrected chi connectivity index (χ0v) is 13.1. The Balaban J connectivity index is 2.26. The molecule has 0 aliphatic carbocycles. The van der Waals surface area contributed by atoms with Gasteiger partial charge in [0.1, 0.15) is 10.7 Å². The molecule has 1 heterocycles. The maximum atomic E-state index is 11.8. The Morgan fingerprint density at radius 3 is 2.57 bits per heavy atom. The number of rotatable bonds is 5. The van der Waals surface area contributed by atoms with Gasteiger partial charge < -0.3 is 15.1 Å². The van der Waals surface area contributed by atoms with Crippen molar-refractivity contribution in [1.29, 1.82) is 0 Å². The Kier molecular flexibility index (Phi) is 4.24. The summed E-state index contributed by atoms with van der Waals surface area (Å²) >= 11 is 0. The summed E-state index contributed by atoms with van der Waals surface area (Å²) < 4.78 is 31.1. The minimum absolute atomic E-state index is 0.0849. The van der Waals surface area contributed by atoms with Gasteiger partial charge in [0.2, 0.25) is 10.0 Å². The fraction of sp³-hybridized carbons (Fsp3) is 0.286. The largest absolute Gasteiger partial charge is 0.469 e. The summed E-state index contributed by atoms with van der Waals surface area (Å²) in [6, 6.07) is 6.81. The quantitative estimate of drug-likeness (QED) is 0.821. The molecule has 2 rings (SSSR count). The van der Waals surface area contributed by atoms with Gasteiger partial charge in [0, 0.05) is 24.8 Å². The molecule has 2 aromatic rings. The van der Waals surface area contributed by atoms with E-state index in [1.54, 1.807) is 18.4 Å². The highest BCUT2D eigenvalue weighted by atomic mass is 32.2. The van der Waals surface area contributed by atoms with E-state index < -0.39 is 10.0 Å². The van der Waals surface area contributed by atoms with E-state index in [4.69, 9.17) is 10.2 Å². The topological polar surface area (TPSA) is 88.6 Å². The van der Waals surface area contributed by atoms with Gasteiger partial charge in [-0.3, -0.25) is 0 Å². The third kappa shape index (κ3) is 3.20. The molecular formula is C14H19N3O3S. The first-order chi connectivity index (χ1) is 9.85. The maximum absolute atomic E-state index is 11.8. The van der Waals surface area contributed by atoms with Crippen molar-refractivity contribution in [2.45, 2.75) is 18.4 Å². The van der Waals surface area contributed by atoms with Gasteiger partial charge in [-0.25, -0.2) is 13.1 Å². The molecule has 0 amide bonds. The molecule has 0 aliphatic heterocycles. The molecule has 3 N–H and O–H groups in total. The molecule has 0 saturated heterocycles. The minimum atomic E-state index is -3.54. The Labute approximate surface area is 124 Å². The van der Waals surface area contributed by atoms with Crippen molar-refractivity contribution in [1.82, 2.24) is 4.72 Å². The fourth-order valence-corrected chi connectivity index (χ4v) is 2.89. The number of sulfonamides is 1. The predicted octanol–water partition coefficient (Wildman–Crippen LogP) is 1.71. The number of nitrogens with zero attached hydrogens (tertiary/aromatic N) is 1. The Bertz CT molecular complexity index is 738. The van der Waals surface area contributed by atoms with Gasteiger partial charge in [0.25, 0.3) is 0 Å². The fourth-order valence-electron chi connectivity index (χ4n) is 2.05. The summed E-state index contributed by atoms with van der Waals surface area (Å²) in [5.74, 6) is 0.865. The molecule has 1 aromatic heterocycles. The zero-order chi connectivity index (χ0) is 15.6. The third-order valence-electron chi connectivity index (χ3n) is 3.37. The average Bonchev–Trinajstić information content (AvgIpc) is 2.83. The normalized spacial score (nSPS) is 11.6. The van der Waals surface area contributed by atoms with Crippen LogP contribution in [0.5, 0.6) is 0 Å². The molecule has 0 spiro atoms. The van der Waals surface area contributed by atoms with Crippen LogP contribution in [-0.4, -0.2) is 22.5 Å². The lowest BCUT2D eigenvalue weighted by Crippen LogP contribution is -2.21. The second-order valence-electron chi connectivity index (χ2n) is 4.79. The van der Waals surface area contributed by atoms with E-state index in [1.807, 2.05) is 24.9 Å². The van der Waals surface area contributed by atoms with Crippen LogP contribution in [0.2, 0.25) is 0 Å². The Hall–Kier alpha value is -1.99. The molecule has 0 aliphatic rings. The summed E-state index contributed by atoms with van der Waals surface area (Å²) in [4.78, 5) is 2.06. The molecule has 6 nitrogen and oxygen atoms in total. The predicted molar refractivity (Wildman–Crippen MR) is 82.7 cm³/mol. The second kappa shape index (κ2) is 5.79. The minimum Gasteiger partial charge on any atom is -0.469 e. The first kappa shape index (κ1) is 15.4. The van der Waals surface area contributed by atoms with Crippen LogP contribution in [0.1, 0.15) is 11.3 Å². The van der Waals surface area contributed by atoms with Crippen LogP contribution in [0.15, 0.2) is 39.8 Å². The van der Waals surface area contributed by atoms with Crippen LogP contribution in [-0.2, 0) is 16.6 Å². The lowest BCUT2D eigenvalue weighted by atomic mass is 10.2. The van der Waals surface area contributed by atoms with Crippen LogP contribution < -0.4 is 15.4 Å². The number of benzene rings is 1. The molecule has 0 atom stereocenters. The van der Waals surface area contributed by atoms with Gasteiger partial charge in [0.15, 0.2) is 0 Å². The Morgan fingerprint density at radius 2 is 2.05 bits per heavy atom. The Morgan fingerprint density at radius 1 is 1.33 bits per heavy atom. The summed E-state index contributed by atoms with van der Waals surface area (Å²) in [6.45, 7) is 2.56. The van der Waals surface area contributed by atoms with Gasteiger partial charge >= 0.3 is 0 Å². The molecular weight excluding hydrogens is 290 g/mol. The van der Waals surface area contributed by atoms with Crippen molar-refractivity contribution in [3.63, 3.8) is 0 Å². The number of nitrogen functional groups attached to an aromatic ring is 1. The van der Waals surface area contributed by atoms with E-state index in [1.165, 1.54) is 13.1 Å². The molecule has 0 bridgehead atoms. The SMILES string of the molecule is CNS(=O)(=O)c1ccc(N(C)Cc2ccoc2C)cc1N. The monoisotopic (exact) mass is 309 g/mol. The van der Waals surface area contributed by atoms with E-state index in [-0.39, 0.29) is 10.6 Å². The van der Waals surface area contributed by atoms with Crippen LogP contribution in [0.3, 0.4) is 0 Å². The van der Waals surface area contributed by atoms with Crippen molar-refractivity contribution in [3.05, 3.63) is 41.9 Å². The number of furan rings is 1. The summed E-state index contributed by atoms with van der Waals surface area (Å²) in [5, 5.41) is 0. The van der Waals surface area contributed by atoms with Gasteiger partial charge in [-0.1, -0.05) is 0 Å². The van der Waals surface area contributed by atoms with E-state index in [9.17, 15) is 8.42 Å². The first-order valence-corrected chi connectivity index (χ1v) is 7.90. The zero-order valence-electron chi connectivity index (χ0n) is 12.3. The molecule has 21 heavy (non-hydrogen) atoms. The standard InChI is InChI=1S/C14H19N3O3S/c1-10-11(6-7-20-10)9-17(3)12-4-5-14(13(15)8-12)21(18,19)16-2/h4-8,16H,9,15H2,1-3H3. The number of nitrogens with two attached hydrogens (primary N) is 1. The molecule has 0 saturated carbocycles. The van der Waals surface area contributed by atoms with Crippen molar-refractivity contribution in [3.8, 4) is 0 Å². The lowest BCUT2D eigenvalue weighted by molar-refractivity contribution is 0.529. The highest BCUT2D eigenvalue weighted by Gasteiger charge is 2.16. The highest BCUT2D eigenvalue weighted by molar-refractivity contribution is 7.89. The molecule has 1 aromatic carbocycles. The number of nitrogens with one attached hydrogen (secondary N) is 1. The summed E-state index contributed by atoms with van der Waals surface area (Å²) in [5.41, 5.74) is 7.99. The van der Waals surface area contributed by atoms with Crippen molar-refractivity contribution in [2.75, 3.05) is 24.7 Å². The van der Waals surface area contributed by atoms with Crippen molar-refractivity contribution >= 4 is 21.4 Å². The van der Waals surface area contributed by atoms with Crippen LogP contribution in [0.4, 0.5) is 11.4 Å². The van der Waals surface area contributed by atoms with E-state index in [0.29, 0.717) is 6.54 Å². The second-order valence-corrected chi connectivity index (χ2v) is 6.64. The number of anilines is 2. The van der Waals surface area contributed by atoms with Crippen LogP contribution >= 0.6 is 0 Å². The van der Waals surface area contributed by atoms with Crippen molar-refractivity contribution < 1.29 is 12.8 Å². The van der Waals surface area contributed by atoms with Crippen LogP contribution in [0.25, 0.3) is 0 Å². The van der Waals surface area contributed by atoms with Gasteiger partial charge in [-0.2, -0.15) is 0 Å². The average molecular weight is 309 g/mol. The smallest absolute Gasteiger partial charge is 0.242 e. The van der Waals surface area contributed by atoms with Gasteiger partial charge in [-0.05, 0) is 38.2 Å². The first-order valence-electron chi connectivity index (χ1n) is 6.42. The molecule has 0 radical (unpaired) electrons. The van der Waals surface area contributed by atoms with E-state index in [0.717, 1.165) is 17.0 Å². The van der Waals surface area contributed by atoms with E-state index in [2.05, 4.69) is 4.72 Å². The van der Waals surface area contributed by atoms with E-state index >= 15 is 0 Å². The molecule has 0 fully saturated rings. The number of aryl methyl sites for hydroxylation is 1. The third-order valence-corrected chi connectivity index (χ3v) is 4.85.